The molecule has 2 aliphatic rings. The summed E-state index contributed by atoms with van der Waals surface area (Å²) >= 11 is 0. The maximum atomic E-state index is 13.2. The molecule has 4 rings (SSSR count). The number of hydrogen-bond donors (Lipinski definition) is 2. The molecule has 140 valence electrons. The van der Waals surface area contributed by atoms with Gasteiger partial charge in [-0.15, -0.1) is 0 Å². The number of fused-ring (bicyclic) bond motifs is 2. The van der Waals surface area contributed by atoms with Crippen molar-refractivity contribution in [1.29, 1.82) is 0 Å². The Balaban J connectivity index is 1.85. The third-order valence-electron chi connectivity index (χ3n) is 5.43. The minimum Gasteiger partial charge on any atom is -0.497 e. The Kier molecular flexibility index (Phi) is 4.22. The van der Waals surface area contributed by atoms with Gasteiger partial charge in [0.1, 0.15) is 11.5 Å². The molecule has 0 bridgehead atoms. The highest BCUT2D eigenvalue weighted by molar-refractivity contribution is 5.90. The zero-order valence-corrected chi connectivity index (χ0v) is 16.3. The normalized spacial score (nSPS) is 23.1. The summed E-state index contributed by atoms with van der Waals surface area (Å²) < 4.78 is 5.30. The van der Waals surface area contributed by atoms with Crippen LogP contribution in [0.2, 0.25) is 0 Å². The van der Waals surface area contributed by atoms with Gasteiger partial charge in [-0.05, 0) is 47.7 Å². The average molecular weight is 362 g/mol. The van der Waals surface area contributed by atoms with Crippen molar-refractivity contribution in [3.8, 4) is 5.75 Å². The predicted octanol–water partition coefficient (Wildman–Crippen LogP) is 5.08. The van der Waals surface area contributed by atoms with Crippen molar-refractivity contribution in [3.05, 3.63) is 65.4 Å². The Hall–Kier alpha value is -2.75. The van der Waals surface area contributed by atoms with Crippen LogP contribution in [-0.4, -0.2) is 12.9 Å². The average Bonchev–Trinajstić information content (AvgIpc) is 2.77. The maximum absolute atomic E-state index is 13.2. The molecule has 4 nitrogen and oxygen atoms in total. The van der Waals surface area contributed by atoms with Gasteiger partial charge >= 0.3 is 0 Å². The second-order valence-corrected chi connectivity index (χ2v) is 8.28. The van der Waals surface area contributed by atoms with E-state index in [4.69, 9.17) is 4.74 Å². The molecular weight excluding hydrogens is 336 g/mol. The van der Waals surface area contributed by atoms with Crippen molar-refractivity contribution in [1.82, 2.24) is 0 Å². The third-order valence-corrected chi connectivity index (χ3v) is 5.43. The molecule has 0 fully saturated rings. The van der Waals surface area contributed by atoms with Crippen LogP contribution in [0.5, 0.6) is 5.75 Å². The van der Waals surface area contributed by atoms with E-state index in [9.17, 15) is 4.79 Å². The molecule has 0 saturated heterocycles. The Labute approximate surface area is 160 Å². The number of ketones is 1. The number of ether oxygens (including phenoxy) is 1. The lowest BCUT2D eigenvalue weighted by atomic mass is 9.72. The minimum absolute atomic E-state index is 0.124. The summed E-state index contributed by atoms with van der Waals surface area (Å²) in [6.45, 7) is 6.31. The number of hydrogen-bond acceptors (Lipinski definition) is 4. The van der Waals surface area contributed by atoms with E-state index in [2.05, 4.69) is 55.7 Å². The lowest BCUT2D eigenvalue weighted by molar-refractivity contribution is -0.124. The second kappa shape index (κ2) is 6.45. The molecule has 1 heterocycles. The number of Topliss-reactive ketones (excluding diaryl/α,β-unsaturated/α-hetero) is 1. The van der Waals surface area contributed by atoms with Crippen LogP contribution in [0.25, 0.3) is 0 Å². The Bertz CT molecular complexity index is 912. The number of anilines is 2. The molecule has 0 saturated carbocycles. The highest BCUT2D eigenvalue weighted by Gasteiger charge is 2.41. The van der Waals surface area contributed by atoms with Crippen molar-refractivity contribution >= 4 is 17.2 Å². The van der Waals surface area contributed by atoms with E-state index in [-0.39, 0.29) is 23.2 Å². The smallest absolute Gasteiger partial charge is 0.145 e. The van der Waals surface area contributed by atoms with Gasteiger partial charge in [0.05, 0.1) is 30.4 Å². The van der Waals surface area contributed by atoms with E-state index < -0.39 is 0 Å². The second-order valence-electron chi connectivity index (χ2n) is 8.28. The topological polar surface area (TPSA) is 50.4 Å². The van der Waals surface area contributed by atoms with Crippen LogP contribution in [0, 0.1) is 18.3 Å². The van der Waals surface area contributed by atoms with Gasteiger partial charge in [-0.2, -0.15) is 0 Å². The molecule has 4 heteroatoms. The van der Waals surface area contributed by atoms with Crippen LogP contribution >= 0.6 is 0 Å². The molecule has 1 aliphatic heterocycles. The Morgan fingerprint density at radius 2 is 1.81 bits per heavy atom. The quantitative estimate of drug-likeness (QED) is 0.782. The van der Waals surface area contributed by atoms with Crippen LogP contribution < -0.4 is 15.4 Å². The van der Waals surface area contributed by atoms with Gasteiger partial charge < -0.3 is 15.4 Å². The molecule has 0 aromatic heterocycles. The molecule has 2 aromatic carbocycles. The van der Waals surface area contributed by atoms with Gasteiger partial charge in [-0.3, -0.25) is 4.79 Å². The van der Waals surface area contributed by atoms with Crippen LogP contribution in [0.1, 0.15) is 37.4 Å². The number of benzene rings is 2. The van der Waals surface area contributed by atoms with Crippen LogP contribution in [0.15, 0.2) is 54.2 Å². The van der Waals surface area contributed by atoms with Gasteiger partial charge in [0.15, 0.2) is 0 Å². The molecule has 0 amide bonds. The van der Waals surface area contributed by atoms with Crippen molar-refractivity contribution in [2.75, 3.05) is 17.7 Å². The van der Waals surface area contributed by atoms with Crippen LogP contribution in [0.3, 0.4) is 0 Å². The zero-order chi connectivity index (χ0) is 19.2. The summed E-state index contributed by atoms with van der Waals surface area (Å²) in [6, 6.07) is 14.2. The molecule has 0 spiro atoms. The number of carbonyl (C=O) groups excluding carboxylic acids is 1. The number of nitrogens with one attached hydrogen (secondary N) is 2. The molecule has 27 heavy (non-hydrogen) atoms. The van der Waals surface area contributed by atoms with Crippen molar-refractivity contribution in [2.24, 2.45) is 11.3 Å². The van der Waals surface area contributed by atoms with Crippen molar-refractivity contribution in [3.63, 3.8) is 0 Å². The summed E-state index contributed by atoms with van der Waals surface area (Å²) in [7, 11) is 1.66. The number of methoxy groups -OCH3 is 1. The highest BCUT2D eigenvalue weighted by atomic mass is 16.5. The van der Waals surface area contributed by atoms with Crippen LogP contribution in [0.4, 0.5) is 11.4 Å². The molecule has 1 aliphatic carbocycles. The fraction of sp³-hybridized carbons (Fsp3) is 0.348. The van der Waals surface area contributed by atoms with Crippen molar-refractivity contribution < 1.29 is 9.53 Å². The first-order valence-corrected chi connectivity index (χ1v) is 9.40. The first kappa shape index (κ1) is 17.7. The maximum Gasteiger partial charge on any atom is 0.145 e. The zero-order valence-electron chi connectivity index (χ0n) is 16.3. The SMILES string of the molecule is COc1ccc(C2Nc3cc(C)ccc3NC3=CC(C)(C)CC(=O)C32)cc1. The number of rotatable bonds is 2. The molecular formula is C23H26N2O2. The van der Waals surface area contributed by atoms with E-state index >= 15 is 0 Å². The van der Waals surface area contributed by atoms with E-state index in [1.54, 1.807) is 7.11 Å². The summed E-state index contributed by atoms with van der Waals surface area (Å²) in [5.74, 6) is 0.843. The van der Waals surface area contributed by atoms with E-state index in [1.807, 2.05) is 24.3 Å². The Morgan fingerprint density at radius 3 is 2.52 bits per heavy atom. The first-order chi connectivity index (χ1) is 12.9. The molecule has 2 atom stereocenters. The number of aryl methyl sites for hydroxylation is 1. The van der Waals surface area contributed by atoms with Gasteiger partial charge in [0, 0.05) is 12.1 Å². The number of allylic oxidation sites excluding steroid dienone is 1. The fourth-order valence-corrected chi connectivity index (χ4v) is 4.15. The fourth-order valence-electron chi connectivity index (χ4n) is 4.15. The van der Waals surface area contributed by atoms with Gasteiger partial charge in [-0.25, -0.2) is 0 Å². The molecule has 2 unspecified atom stereocenters. The summed E-state index contributed by atoms with van der Waals surface area (Å²) in [5, 5.41) is 7.20. The number of carbonyl (C=O) groups is 1. The Morgan fingerprint density at radius 1 is 1.07 bits per heavy atom. The van der Waals surface area contributed by atoms with Gasteiger partial charge in [0.25, 0.3) is 0 Å². The monoisotopic (exact) mass is 362 g/mol. The van der Waals surface area contributed by atoms with Crippen molar-refractivity contribution in [2.45, 2.75) is 33.2 Å². The standard InChI is InChI=1S/C23H26N2O2/c1-14-5-10-17-18(11-14)25-22(15-6-8-16(27-4)9-7-15)21-19(24-17)12-23(2,3)13-20(21)26/h5-12,21-22,24-25H,13H2,1-4H3. The summed E-state index contributed by atoms with van der Waals surface area (Å²) in [6.07, 6.45) is 2.78. The summed E-state index contributed by atoms with van der Waals surface area (Å²) in [5.41, 5.74) is 5.15. The van der Waals surface area contributed by atoms with E-state index in [1.165, 1.54) is 5.56 Å². The molecule has 2 N–H and O–H groups in total. The van der Waals surface area contributed by atoms with Gasteiger partial charge in [0.2, 0.25) is 0 Å². The minimum atomic E-state index is -0.237. The third kappa shape index (κ3) is 3.32. The molecule has 0 radical (unpaired) electrons. The summed E-state index contributed by atoms with van der Waals surface area (Å²) in [4.78, 5) is 13.2. The first-order valence-electron chi connectivity index (χ1n) is 9.40. The lowest BCUT2D eigenvalue weighted by Crippen LogP contribution is -2.36. The predicted molar refractivity (Wildman–Crippen MR) is 109 cm³/mol. The molecule has 2 aromatic rings. The largest absolute Gasteiger partial charge is 0.497 e. The lowest BCUT2D eigenvalue weighted by Gasteiger charge is -2.35. The van der Waals surface area contributed by atoms with E-state index in [0.717, 1.165) is 28.4 Å². The van der Waals surface area contributed by atoms with Crippen LogP contribution in [-0.2, 0) is 4.79 Å². The van der Waals surface area contributed by atoms with Gasteiger partial charge in [-0.1, -0.05) is 38.1 Å². The highest BCUT2D eigenvalue weighted by Crippen LogP contribution is 2.45. The van der Waals surface area contributed by atoms with E-state index in [0.29, 0.717) is 6.42 Å².